The minimum Gasteiger partial charge on any atom is -0.449 e. The summed E-state index contributed by atoms with van der Waals surface area (Å²) in [5.74, 6) is -2.16. The van der Waals surface area contributed by atoms with E-state index in [0.29, 0.717) is 19.4 Å². The second-order valence-electron chi connectivity index (χ2n) is 19.2. The number of methoxy groups -OCH3 is 1. The summed E-state index contributed by atoms with van der Waals surface area (Å²) in [4.78, 5) is 73.3. The molecule has 0 unspecified atom stereocenters. The monoisotopic (exact) mass is 890 g/mol. The Balaban J connectivity index is 1.65. The standard InChI is InChI=1S/C51H79N5O8/c1-14-36(6)41(54(11)49(60)44(34(2)3)53-48(59)45(35(4)5)55(12)50(61)64-51(8,9)10)29-30-43(57)63-33-56-31-21-26-42(56)46(62-13)37(7)47(58)52-40(32-39-24-19-16-20-25-39)28-27-38-22-17-15-18-23-38/h15-20,22-25,27-28,34-37,40-42,44-46H,14,21,26,29-33H2,1-13H3,(H,52,58)(H,53,59)/b28-27+/t36-,37+,40+,41-,42-,44-,45-,46+/m0/s1. The van der Waals surface area contributed by atoms with Crippen molar-refractivity contribution in [2.75, 3.05) is 34.5 Å². The normalized spacial score (nSPS) is 17.8. The maximum atomic E-state index is 14.2. The fourth-order valence-electron chi connectivity index (χ4n) is 8.50. The van der Waals surface area contributed by atoms with Gasteiger partial charge in [0.05, 0.1) is 18.1 Å². The van der Waals surface area contributed by atoms with Gasteiger partial charge in [-0.2, -0.15) is 0 Å². The summed E-state index contributed by atoms with van der Waals surface area (Å²) < 4.78 is 17.4. The van der Waals surface area contributed by atoms with Crippen LogP contribution in [0.15, 0.2) is 66.7 Å². The zero-order valence-corrected chi connectivity index (χ0v) is 41.0. The number of esters is 1. The number of benzene rings is 2. The lowest BCUT2D eigenvalue weighted by molar-refractivity contribution is -0.152. The van der Waals surface area contributed by atoms with Crippen LogP contribution >= 0.6 is 0 Å². The molecule has 0 aliphatic carbocycles. The average molecular weight is 890 g/mol. The molecule has 1 saturated heterocycles. The van der Waals surface area contributed by atoms with Crippen molar-refractivity contribution in [2.24, 2.45) is 23.7 Å². The summed E-state index contributed by atoms with van der Waals surface area (Å²) in [6.45, 7) is 19.5. The fourth-order valence-corrected chi connectivity index (χ4v) is 8.50. The van der Waals surface area contributed by atoms with E-state index in [1.54, 1.807) is 39.8 Å². The quantitative estimate of drug-likeness (QED) is 0.107. The third kappa shape index (κ3) is 16.4. The maximum Gasteiger partial charge on any atom is 0.410 e. The number of ether oxygens (including phenoxy) is 3. The number of rotatable bonds is 23. The molecule has 0 bridgehead atoms. The van der Waals surface area contributed by atoms with Crippen molar-refractivity contribution in [3.05, 3.63) is 77.9 Å². The summed E-state index contributed by atoms with van der Waals surface area (Å²) in [6, 6.07) is 17.7. The number of hydrogen-bond donors (Lipinski definition) is 2. The number of hydrogen-bond acceptors (Lipinski definition) is 9. The van der Waals surface area contributed by atoms with Crippen LogP contribution < -0.4 is 10.6 Å². The molecule has 13 heteroatoms. The van der Waals surface area contributed by atoms with E-state index in [9.17, 15) is 24.0 Å². The first-order chi connectivity index (χ1) is 30.2. The second-order valence-corrected chi connectivity index (χ2v) is 19.2. The van der Waals surface area contributed by atoms with Crippen molar-refractivity contribution in [1.29, 1.82) is 0 Å². The number of likely N-dealkylation sites (N-methyl/N-ethyl adjacent to an activating group) is 2. The molecule has 0 radical (unpaired) electrons. The Labute approximate surface area is 384 Å². The third-order valence-corrected chi connectivity index (χ3v) is 12.3. The van der Waals surface area contributed by atoms with Crippen LogP contribution in [0.1, 0.15) is 112 Å². The predicted octanol–water partition coefficient (Wildman–Crippen LogP) is 7.73. The van der Waals surface area contributed by atoms with Crippen LogP contribution in [0.3, 0.4) is 0 Å². The summed E-state index contributed by atoms with van der Waals surface area (Å²) in [6.07, 6.45) is 6.53. The van der Waals surface area contributed by atoms with Crippen molar-refractivity contribution in [3.8, 4) is 0 Å². The Morgan fingerprint density at radius 2 is 1.48 bits per heavy atom. The molecule has 8 atom stereocenters. The van der Waals surface area contributed by atoms with Gasteiger partial charge < -0.3 is 29.7 Å². The van der Waals surface area contributed by atoms with Gasteiger partial charge in [-0.05, 0) is 75.3 Å². The smallest absolute Gasteiger partial charge is 0.410 e. The molecule has 0 saturated carbocycles. The minimum atomic E-state index is -0.867. The average Bonchev–Trinajstić information content (AvgIpc) is 3.71. The summed E-state index contributed by atoms with van der Waals surface area (Å²) in [5.41, 5.74) is 1.42. The van der Waals surface area contributed by atoms with Gasteiger partial charge in [0.2, 0.25) is 17.7 Å². The number of carbonyl (C=O) groups is 5. The highest BCUT2D eigenvalue weighted by atomic mass is 16.6. The lowest BCUT2D eigenvalue weighted by Crippen LogP contribution is -2.59. The molecule has 4 amide bonds. The van der Waals surface area contributed by atoms with Crippen molar-refractivity contribution in [3.63, 3.8) is 0 Å². The van der Waals surface area contributed by atoms with Gasteiger partial charge >= 0.3 is 12.1 Å². The molecule has 0 spiro atoms. The molecular formula is C51H79N5O8. The molecule has 2 aromatic rings. The van der Waals surface area contributed by atoms with Gasteiger partial charge in [0.1, 0.15) is 24.4 Å². The van der Waals surface area contributed by atoms with Crippen LogP contribution in [0.4, 0.5) is 4.79 Å². The van der Waals surface area contributed by atoms with Gasteiger partial charge in [-0.15, -0.1) is 0 Å². The molecule has 2 aromatic carbocycles. The van der Waals surface area contributed by atoms with Crippen LogP contribution in [-0.2, 0) is 39.8 Å². The highest BCUT2D eigenvalue weighted by Crippen LogP contribution is 2.27. The number of likely N-dealkylation sites (tertiary alicyclic amines) is 1. The predicted molar refractivity (Wildman–Crippen MR) is 253 cm³/mol. The van der Waals surface area contributed by atoms with Gasteiger partial charge in [0.25, 0.3) is 0 Å². The first kappa shape index (κ1) is 53.6. The third-order valence-electron chi connectivity index (χ3n) is 12.3. The highest BCUT2D eigenvalue weighted by Gasteiger charge is 2.40. The Morgan fingerprint density at radius 3 is 2.05 bits per heavy atom. The molecular weight excluding hydrogens is 811 g/mol. The molecule has 13 nitrogen and oxygen atoms in total. The topological polar surface area (TPSA) is 147 Å². The maximum absolute atomic E-state index is 14.2. The summed E-state index contributed by atoms with van der Waals surface area (Å²) in [7, 11) is 4.88. The lowest BCUT2D eigenvalue weighted by atomic mass is 9.92. The molecule has 64 heavy (non-hydrogen) atoms. The SMILES string of the molecule is CC[C@H](C)[C@H](CCC(=O)OCN1CCC[C@H]1[C@H](OC)[C@@H](C)C(=O)N[C@H](/C=C/c1ccccc1)Cc1ccccc1)N(C)C(=O)[C@@H](NC(=O)[C@H](C(C)C)N(C)C(=O)OC(C)(C)C)C(C)C. The van der Waals surface area contributed by atoms with Crippen LogP contribution in [-0.4, -0.2) is 121 Å². The first-order valence-corrected chi connectivity index (χ1v) is 23.2. The van der Waals surface area contributed by atoms with Gasteiger partial charge in [0, 0.05) is 46.3 Å². The summed E-state index contributed by atoms with van der Waals surface area (Å²) in [5, 5.41) is 6.22. The van der Waals surface area contributed by atoms with Crippen molar-refractivity contribution < 1.29 is 38.2 Å². The molecule has 356 valence electrons. The lowest BCUT2D eigenvalue weighted by Gasteiger charge is -2.37. The van der Waals surface area contributed by atoms with E-state index in [1.165, 1.54) is 11.9 Å². The molecule has 1 aliphatic rings. The van der Waals surface area contributed by atoms with E-state index in [2.05, 4.69) is 27.7 Å². The zero-order valence-electron chi connectivity index (χ0n) is 41.0. The van der Waals surface area contributed by atoms with Crippen LogP contribution in [0.2, 0.25) is 0 Å². The zero-order chi connectivity index (χ0) is 47.7. The molecule has 1 fully saturated rings. The van der Waals surface area contributed by atoms with Crippen LogP contribution in [0, 0.1) is 23.7 Å². The van der Waals surface area contributed by atoms with Gasteiger partial charge in [0.15, 0.2) is 0 Å². The van der Waals surface area contributed by atoms with E-state index in [-0.39, 0.29) is 66.8 Å². The van der Waals surface area contributed by atoms with Crippen molar-refractivity contribution in [2.45, 2.75) is 150 Å². The largest absolute Gasteiger partial charge is 0.449 e. The molecule has 1 aliphatic heterocycles. The fraction of sp³-hybridized carbons (Fsp3) is 0.627. The van der Waals surface area contributed by atoms with Gasteiger partial charge in [-0.3, -0.25) is 29.0 Å². The van der Waals surface area contributed by atoms with Gasteiger partial charge in [-0.1, -0.05) is 128 Å². The number of amides is 4. The number of nitrogens with one attached hydrogen (secondary N) is 2. The first-order valence-electron chi connectivity index (χ1n) is 23.2. The molecule has 1 heterocycles. The van der Waals surface area contributed by atoms with E-state index >= 15 is 0 Å². The van der Waals surface area contributed by atoms with E-state index < -0.39 is 41.7 Å². The Morgan fingerprint density at radius 1 is 0.859 bits per heavy atom. The minimum absolute atomic E-state index is 0.0474. The Kier molecular flexibility index (Phi) is 21.5. The van der Waals surface area contributed by atoms with Crippen molar-refractivity contribution in [1.82, 2.24) is 25.3 Å². The van der Waals surface area contributed by atoms with Gasteiger partial charge in [-0.25, -0.2) is 4.79 Å². The van der Waals surface area contributed by atoms with Crippen molar-refractivity contribution >= 4 is 35.9 Å². The second kappa shape index (κ2) is 25.7. The number of carbonyl (C=O) groups excluding carboxylic acids is 5. The molecule has 2 N–H and O–H groups in total. The van der Waals surface area contributed by atoms with Crippen LogP contribution in [0.5, 0.6) is 0 Å². The Hall–Kier alpha value is -4.75. The van der Waals surface area contributed by atoms with E-state index in [1.807, 2.05) is 109 Å². The highest BCUT2D eigenvalue weighted by molar-refractivity contribution is 5.91. The molecule has 0 aromatic heterocycles. The number of nitrogens with zero attached hydrogens (tertiary/aromatic N) is 3. The van der Waals surface area contributed by atoms with E-state index in [0.717, 1.165) is 30.4 Å². The Bertz CT molecular complexity index is 1800. The van der Waals surface area contributed by atoms with E-state index in [4.69, 9.17) is 14.2 Å². The molecule has 3 rings (SSSR count). The summed E-state index contributed by atoms with van der Waals surface area (Å²) >= 11 is 0. The van der Waals surface area contributed by atoms with Crippen LogP contribution in [0.25, 0.3) is 6.08 Å².